The molecule has 1 unspecified atom stereocenters. The molecule has 0 amide bonds. The summed E-state index contributed by atoms with van der Waals surface area (Å²) in [6, 6.07) is 16.3. The van der Waals surface area contributed by atoms with E-state index in [0.29, 0.717) is 18.6 Å². The molecule has 7 nitrogen and oxygen atoms in total. The topological polar surface area (TPSA) is 106 Å². The quantitative estimate of drug-likeness (QED) is 0.517. The second-order valence-electron chi connectivity index (χ2n) is 8.01. The van der Waals surface area contributed by atoms with Crippen molar-refractivity contribution in [2.45, 2.75) is 43.7 Å². The minimum absolute atomic E-state index is 0.0386. The highest BCUT2D eigenvalue weighted by atomic mass is 32.2. The fourth-order valence-corrected chi connectivity index (χ4v) is 5.32. The predicted octanol–water partition coefficient (Wildman–Crippen LogP) is 4.13. The Bertz CT molecular complexity index is 1260. The molecular formula is C25H26N2O5S. The van der Waals surface area contributed by atoms with Gasteiger partial charge in [-0.05, 0) is 66.1 Å². The van der Waals surface area contributed by atoms with Crippen LogP contribution in [0.15, 0.2) is 65.8 Å². The zero-order valence-corrected chi connectivity index (χ0v) is 19.1. The van der Waals surface area contributed by atoms with E-state index in [-0.39, 0.29) is 5.03 Å². The molecule has 0 fully saturated rings. The molecule has 8 heteroatoms. The van der Waals surface area contributed by atoms with Gasteiger partial charge >= 0.3 is 5.97 Å². The standard InChI is InChI=1S/C25H26N2O5S/c1-2-17-6-3-7-18(14-17)19-12-13-24(26-15-19)33(30,31)27-22-10-4-9-21-20(22)8-5-11-23(21)32-16-25(28)29/h3,5-8,11-15,22,27H,2,4,9-10,16H2,1H3,(H,28,29). The summed E-state index contributed by atoms with van der Waals surface area (Å²) in [5.41, 5.74) is 4.70. The molecule has 0 saturated heterocycles. The van der Waals surface area contributed by atoms with Crippen molar-refractivity contribution in [3.8, 4) is 16.9 Å². The summed E-state index contributed by atoms with van der Waals surface area (Å²) in [7, 11) is -3.85. The Kier molecular flexibility index (Phi) is 6.76. The van der Waals surface area contributed by atoms with Crippen LogP contribution in [-0.4, -0.2) is 31.1 Å². The first kappa shape index (κ1) is 22.9. The minimum atomic E-state index is -3.85. The Morgan fingerprint density at radius 2 is 1.97 bits per heavy atom. The van der Waals surface area contributed by atoms with Gasteiger partial charge in [0.25, 0.3) is 10.0 Å². The van der Waals surface area contributed by atoms with Crippen molar-refractivity contribution in [2.24, 2.45) is 0 Å². The number of aryl methyl sites for hydroxylation is 1. The van der Waals surface area contributed by atoms with Gasteiger partial charge in [0.2, 0.25) is 0 Å². The van der Waals surface area contributed by atoms with Gasteiger partial charge in [0.05, 0.1) is 0 Å². The normalized spacial score (nSPS) is 15.6. The van der Waals surface area contributed by atoms with Crippen LogP contribution in [0.3, 0.4) is 0 Å². The highest BCUT2D eigenvalue weighted by Gasteiger charge is 2.28. The van der Waals surface area contributed by atoms with Crippen LogP contribution in [0.2, 0.25) is 0 Å². The molecule has 1 aliphatic carbocycles. The van der Waals surface area contributed by atoms with Crippen LogP contribution in [0, 0.1) is 0 Å². The van der Waals surface area contributed by atoms with Crippen LogP contribution in [0.1, 0.15) is 42.5 Å². The number of sulfonamides is 1. The fourth-order valence-electron chi connectivity index (χ4n) is 4.14. The molecule has 4 rings (SSSR count). The summed E-state index contributed by atoms with van der Waals surface area (Å²) in [5.74, 6) is -0.577. The molecule has 33 heavy (non-hydrogen) atoms. The van der Waals surface area contributed by atoms with Crippen molar-refractivity contribution >= 4 is 16.0 Å². The summed E-state index contributed by atoms with van der Waals surface area (Å²) >= 11 is 0. The first-order valence-corrected chi connectivity index (χ1v) is 12.4. The molecule has 1 atom stereocenters. The predicted molar refractivity (Wildman–Crippen MR) is 125 cm³/mol. The number of aliphatic carboxylic acids is 1. The van der Waals surface area contributed by atoms with Crippen LogP contribution >= 0.6 is 0 Å². The Labute approximate surface area is 193 Å². The number of nitrogens with one attached hydrogen (secondary N) is 1. The molecule has 2 N–H and O–H groups in total. The first-order valence-electron chi connectivity index (χ1n) is 10.9. The van der Waals surface area contributed by atoms with Gasteiger partial charge in [-0.2, -0.15) is 0 Å². The number of rotatable bonds is 8. The van der Waals surface area contributed by atoms with E-state index in [1.165, 1.54) is 11.6 Å². The van der Waals surface area contributed by atoms with Crippen LogP contribution < -0.4 is 9.46 Å². The third-order valence-corrected chi connectivity index (χ3v) is 7.18. The van der Waals surface area contributed by atoms with Gasteiger partial charge < -0.3 is 9.84 Å². The number of ether oxygens (including phenoxy) is 1. The van der Waals surface area contributed by atoms with Gasteiger partial charge in [0.15, 0.2) is 11.6 Å². The Balaban J connectivity index is 1.55. The fraction of sp³-hybridized carbons (Fsp3) is 0.280. The van der Waals surface area contributed by atoms with Gasteiger partial charge in [-0.15, -0.1) is 0 Å². The summed E-state index contributed by atoms with van der Waals surface area (Å²) in [4.78, 5) is 15.1. The molecule has 2 aromatic carbocycles. The molecule has 1 heterocycles. The zero-order chi connectivity index (χ0) is 23.4. The highest BCUT2D eigenvalue weighted by Crippen LogP contribution is 2.36. The number of hydrogen-bond donors (Lipinski definition) is 2. The molecule has 0 radical (unpaired) electrons. The lowest BCUT2D eigenvalue weighted by Crippen LogP contribution is -2.31. The summed E-state index contributed by atoms with van der Waals surface area (Å²) < 4.78 is 34.3. The summed E-state index contributed by atoms with van der Waals surface area (Å²) in [6.45, 7) is 1.65. The molecule has 0 bridgehead atoms. The van der Waals surface area contributed by atoms with E-state index in [2.05, 4.69) is 28.8 Å². The molecule has 1 aliphatic rings. The van der Waals surface area contributed by atoms with Crippen molar-refractivity contribution in [1.29, 1.82) is 0 Å². The first-order chi connectivity index (χ1) is 15.9. The van der Waals surface area contributed by atoms with Gasteiger partial charge in [0, 0.05) is 17.8 Å². The SMILES string of the molecule is CCc1cccc(-c2ccc(S(=O)(=O)NC3CCCc4c(OCC(=O)O)cccc43)nc2)c1. The van der Waals surface area contributed by atoms with E-state index >= 15 is 0 Å². The maximum Gasteiger partial charge on any atom is 0.341 e. The number of benzene rings is 2. The number of nitrogens with zero attached hydrogens (tertiary/aromatic N) is 1. The third kappa shape index (κ3) is 5.23. The van der Waals surface area contributed by atoms with E-state index in [4.69, 9.17) is 9.84 Å². The Hall–Kier alpha value is -3.23. The number of fused-ring (bicyclic) bond motifs is 1. The highest BCUT2D eigenvalue weighted by molar-refractivity contribution is 7.89. The van der Waals surface area contributed by atoms with E-state index in [9.17, 15) is 13.2 Å². The van der Waals surface area contributed by atoms with Crippen LogP contribution in [-0.2, 0) is 27.7 Å². The number of pyridine rings is 1. The molecule has 0 aliphatic heterocycles. The zero-order valence-electron chi connectivity index (χ0n) is 18.3. The van der Waals surface area contributed by atoms with Gasteiger partial charge in [-0.3, -0.25) is 0 Å². The van der Waals surface area contributed by atoms with Gasteiger partial charge in [-0.25, -0.2) is 22.9 Å². The van der Waals surface area contributed by atoms with Crippen molar-refractivity contribution in [3.63, 3.8) is 0 Å². The van der Waals surface area contributed by atoms with E-state index in [1.54, 1.807) is 24.4 Å². The summed E-state index contributed by atoms with van der Waals surface area (Å²) in [5, 5.41) is 8.87. The minimum Gasteiger partial charge on any atom is -0.482 e. The lowest BCUT2D eigenvalue weighted by molar-refractivity contribution is -0.139. The van der Waals surface area contributed by atoms with Crippen LogP contribution in [0.5, 0.6) is 5.75 Å². The van der Waals surface area contributed by atoms with Crippen molar-refractivity contribution in [1.82, 2.24) is 9.71 Å². The summed E-state index contributed by atoms with van der Waals surface area (Å²) in [6.07, 6.45) is 4.59. The molecular weight excluding hydrogens is 440 g/mol. The van der Waals surface area contributed by atoms with Crippen molar-refractivity contribution < 1.29 is 23.1 Å². The van der Waals surface area contributed by atoms with E-state index in [1.807, 2.05) is 18.2 Å². The van der Waals surface area contributed by atoms with Gasteiger partial charge in [0.1, 0.15) is 5.75 Å². The smallest absolute Gasteiger partial charge is 0.341 e. The number of carbonyl (C=O) groups is 1. The van der Waals surface area contributed by atoms with Crippen LogP contribution in [0.4, 0.5) is 0 Å². The number of aromatic nitrogens is 1. The second kappa shape index (κ2) is 9.72. The lowest BCUT2D eigenvalue weighted by Gasteiger charge is -2.27. The molecule has 172 valence electrons. The van der Waals surface area contributed by atoms with E-state index < -0.39 is 28.6 Å². The van der Waals surface area contributed by atoms with E-state index in [0.717, 1.165) is 35.1 Å². The van der Waals surface area contributed by atoms with Crippen molar-refractivity contribution in [3.05, 3.63) is 77.5 Å². The third-order valence-electron chi connectivity index (χ3n) is 5.79. The largest absolute Gasteiger partial charge is 0.482 e. The monoisotopic (exact) mass is 466 g/mol. The Morgan fingerprint density at radius 1 is 1.15 bits per heavy atom. The average Bonchev–Trinajstić information content (AvgIpc) is 2.83. The molecule has 1 aromatic heterocycles. The number of carboxylic acids is 1. The maximum atomic E-state index is 13.1. The maximum absolute atomic E-state index is 13.1. The average molecular weight is 467 g/mol. The van der Waals surface area contributed by atoms with Gasteiger partial charge in [-0.1, -0.05) is 43.3 Å². The molecule has 0 spiro atoms. The molecule has 3 aromatic rings. The number of hydrogen-bond acceptors (Lipinski definition) is 5. The van der Waals surface area contributed by atoms with Crippen molar-refractivity contribution in [2.75, 3.05) is 6.61 Å². The Morgan fingerprint density at radius 3 is 2.70 bits per heavy atom. The number of carboxylic acid groups (broad SMARTS) is 1. The van der Waals surface area contributed by atoms with Crippen LogP contribution in [0.25, 0.3) is 11.1 Å². The second-order valence-corrected chi connectivity index (χ2v) is 9.67. The molecule has 0 saturated carbocycles. The lowest BCUT2D eigenvalue weighted by atomic mass is 9.87.